The summed E-state index contributed by atoms with van der Waals surface area (Å²) >= 11 is 0. The number of amides is 2. The van der Waals surface area contributed by atoms with Crippen molar-refractivity contribution in [3.05, 3.63) is 90.6 Å². The molecule has 0 fully saturated rings. The van der Waals surface area contributed by atoms with Gasteiger partial charge in [0.15, 0.2) is 0 Å². The van der Waals surface area contributed by atoms with Gasteiger partial charge >= 0.3 is 6.03 Å². The van der Waals surface area contributed by atoms with Crippen molar-refractivity contribution in [2.24, 2.45) is 0 Å². The van der Waals surface area contributed by atoms with Crippen LogP contribution in [0.15, 0.2) is 79.1 Å². The van der Waals surface area contributed by atoms with E-state index < -0.39 is 11.8 Å². The van der Waals surface area contributed by atoms with Gasteiger partial charge in [-0.2, -0.15) is 5.10 Å². The third-order valence-electron chi connectivity index (χ3n) is 6.12. The zero-order chi connectivity index (χ0) is 29.0. The minimum Gasteiger partial charge on any atom is -0.457 e. The largest absolute Gasteiger partial charge is 0.457 e. The maximum atomic E-state index is 15.0. The van der Waals surface area contributed by atoms with Gasteiger partial charge in [-0.3, -0.25) is 10.3 Å². The van der Waals surface area contributed by atoms with E-state index in [1.165, 1.54) is 18.3 Å². The fraction of sp³-hybridized carbons (Fsp3) is 0.200. The van der Waals surface area contributed by atoms with Crippen LogP contribution in [0.5, 0.6) is 11.5 Å². The Morgan fingerprint density at radius 2 is 1.80 bits per heavy atom. The number of aromatic nitrogens is 4. The summed E-state index contributed by atoms with van der Waals surface area (Å²) in [6, 6.07) is 18.1. The fourth-order valence-electron chi connectivity index (χ4n) is 4.05. The zero-order valence-corrected chi connectivity index (χ0v) is 22.9. The lowest BCUT2D eigenvalue weighted by molar-refractivity contribution is 0.262. The summed E-state index contributed by atoms with van der Waals surface area (Å²) in [7, 11) is 0. The summed E-state index contributed by atoms with van der Waals surface area (Å²) in [6.45, 7) is 6.40. The van der Waals surface area contributed by atoms with Crippen LogP contribution < -0.4 is 20.7 Å². The summed E-state index contributed by atoms with van der Waals surface area (Å²) in [4.78, 5) is 21.5. The first kappa shape index (κ1) is 27.5. The van der Waals surface area contributed by atoms with E-state index in [1.54, 1.807) is 35.1 Å². The van der Waals surface area contributed by atoms with Crippen LogP contribution in [0.1, 0.15) is 26.5 Å². The van der Waals surface area contributed by atoms with Crippen molar-refractivity contribution in [1.82, 2.24) is 19.7 Å². The Morgan fingerprint density at radius 3 is 2.59 bits per heavy atom. The summed E-state index contributed by atoms with van der Waals surface area (Å²) in [5.41, 5.74) is 2.07. The van der Waals surface area contributed by atoms with Crippen molar-refractivity contribution in [3.8, 4) is 17.2 Å². The highest BCUT2D eigenvalue weighted by molar-refractivity contribution is 5.99. The van der Waals surface area contributed by atoms with Gasteiger partial charge in [-0.15, -0.1) is 0 Å². The molecule has 0 radical (unpaired) electrons. The van der Waals surface area contributed by atoms with E-state index in [2.05, 4.69) is 25.9 Å². The first-order chi connectivity index (χ1) is 19.7. The molecule has 5 rings (SSSR count). The molecule has 10 nitrogen and oxygen atoms in total. The van der Waals surface area contributed by atoms with Crippen LogP contribution in [0, 0.1) is 5.82 Å². The molecule has 0 aliphatic heterocycles. The molecule has 2 amide bonds. The number of anilines is 3. The topological polar surface area (TPSA) is 126 Å². The molecule has 0 saturated heterocycles. The number of benzene rings is 2. The number of hydrogen-bond donors (Lipinski definition) is 4. The van der Waals surface area contributed by atoms with E-state index in [0.29, 0.717) is 23.9 Å². The second kappa shape index (κ2) is 11.6. The molecule has 0 aliphatic carbocycles. The minimum absolute atomic E-state index is 0.0197. The average Bonchev–Trinajstić information content (AvgIpc) is 3.37. The Balaban J connectivity index is 1.33. The lowest BCUT2D eigenvalue weighted by Gasteiger charge is -2.14. The number of hydrogen-bond acceptors (Lipinski definition) is 7. The van der Waals surface area contributed by atoms with Crippen molar-refractivity contribution in [3.63, 3.8) is 0 Å². The number of nitrogens with one attached hydrogen (secondary N) is 3. The standard InChI is InChI=1S/C30H30FN7O3/c1-30(2,3)26-18-28(38(37-26)20-6-8-24-19(15-20)5-4-11-32-24)36-29(40)35-25-9-7-21(16-23(25)31)41-22-10-12-33-27(17-22)34-13-14-39/h4-12,15-18,39H,13-14H2,1-3H3,(H,33,34)(H2,35,36,40). The molecule has 0 bridgehead atoms. The van der Waals surface area contributed by atoms with Gasteiger partial charge in [0.25, 0.3) is 0 Å². The molecule has 2 aromatic carbocycles. The van der Waals surface area contributed by atoms with Gasteiger partial charge < -0.3 is 20.5 Å². The summed E-state index contributed by atoms with van der Waals surface area (Å²) in [5, 5.41) is 23.0. The highest BCUT2D eigenvalue weighted by Crippen LogP contribution is 2.29. The summed E-state index contributed by atoms with van der Waals surface area (Å²) in [6.07, 6.45) is 3.27. The van der Waals surface area contributed by atoms with E-state index in [9.17, 15) is 9.18 Å². The van der Waals surface area contributed by atoms with Crippen LogP contribution in [0.3, 0.4) is 0 Å². The number of aliphatic hydroxyl groups excluding tert-OH is 1. The molecular formula is C30H30FN7O3. The van der Waals surface area contributed by atoms with Crippen LogP contribution in [0.2, 0.25) is 0 Å². The number of aliphatic hydroxyl groups is 1. The summed E-state index contributed by atoms with van der Waals surface area (Å²) < 4.78 is 22.3. The lowest BCUT2D eigenvalue weighted by Crippen LogP contribution is -2.22. The van der Waals surface area contributed by atoms with E-state index in [1.807, 2.05) is 51.1 Å². The maximum absolute atomic E-state index is 15.0. The first-order valence-corrected chi connectivity index (χ1v) is 13.0. The molecule has 0 spiro atoms. The van der Waals surface area contributed by atoms with Gasteiger partial charge in [0.2, 0.25) is 0 Å². The van der Waals surface area contributed by atoms with Gasteiger partial charge in [-0.25, -0.2) is 18.9 Å². The van der Waals surface area contributed by atoms with Crippen molar-refractivity contribution in [2.45, 2.75) is 26.2 Å². The van der Waals surface area contributed by atoms with E-state index in [0.717, 1.165) is 22.3 Å². The number of carbonyl (C=O) groups is 1. The third kappa shape index (κ3) is 6.59. The maximum Gasteiger partial charge on any atom is 0.324 e. The number of fused-ring (bicyclic) bond motifs is 1. The number of halogens is 1. The smallest absolute Gasteiger partial charge is 0.324 e. The zero-order valence-electron chi connectivity index (χ0n) is 22.9. The Morgan fingerprint density at radius 1 is 0.976 bits per heavy atom. The van der Waals surface area contributed by atoms with Gasteiger partial charge in [0, 0.05) is 47.9 Å². The normalized spacial score (nSPS) is 11.3. The van der Waals surface area contributed by atoms with Gasteiger partial charge in [-0.1, -0.05) is 26.8 Å². The molecule has 0 atom stereocenters. The molecule has 5 aromatic rings. The number of ether oxygens (including phenoxy) is 1. The molecule has 11 heteroatoms. The predicted octanol–water partition coefficient (Wildman–Crippen LogP) is 6.09. The molecule has 4 N–H and O–H groups in total. The SMILES string of the molecule is CC(C)(C)c1cc(NC(=O)Nc2ccc(Oc3ccnc(NCCO)c3)cc2F)n(-c2ccc3ncccc3c2)n1. The van der Waals surface area contributed by atoms with Gasteiger partial charge in [0.1, 0.15) is 29.0 Å². The number of rotatable bonds is 8. The number of nitrogens with zero attached hydrogens (tertiary/aromatic N) is 4. The molecule has 0 aliphatic rings. The molecule has 3 heterocycles. The van der Waals surface area contributed by atoms with Crippen LogP contribution in [-0.4, -0.2) is 44.0 Å². The van der Waals surface area contributed by atoms with Gasteiger partial charge in [-0.05, 0) is 42.5 Å². The Hall–Kier alpha value is -5.03. The number of carbonyl (C=O) groups excluding carboxylic acids is 1. The van der Waals surface area contributed by atoms with Crippen molar-refractivity contribution in [2.75, 3.05) is 29.1 Å². The molecular weight excluding hydrogens is 525 g/mol. The quantitative estimate of drug-likeness (QED) is 0.182. The third-order valence-corrected chi connectivity index (χ3v) is 6.12. The average molecular weight is 556 g/mol. The van der Waals surface area contributed by atoms with E-state index in [-0.39, 0.29) is 23.5 Å². The van der Waals surface area contributed by atoms with Crippen LogP contribution in [0.4, 0.5) is 26.5 Å². The van der Waals surface area contributed by atoms with Crippen molar-refractivity contribution >= 4 is 34.3 Å². The van der Waals surface area contributed by atoms with E-state index in [4.69, 9.17) is 14.9 Å². The predicted molar refractivity (Wildman–Crippen MR) is 156 cm³/mol. The highest BCUT2D eigenvalue weighted by atomic mass is 19.1. The van der Waals surface area contributed by atoms with Crippen molar-refractivity contribution in [1.29, 1.82) is 0 Å². The van der Waals surface area contributed by atoms with Crippen LogP contribution in [0.25, 0.3) is 16.6 Å². The Bertz CT molecular complexity index is 1700. The first-order valence-electron chi connectivity index (χ1n) is 13.0. The molecule has 41 heavy (non-hydrogen) atoms. The molecule has 0 saturated carbocycles. The molecule has 3 aromatic heterocycles. The minimum atomic E-state index is -0.670. The fourth-order valence-corrected chi connectivity index (χ4v) is 4.05. The number of pyridine rings is 2. The molecule has 0 unspecified atom stereocenters. The van der Waals surface area contributed by atoms with Gasteiger partial charge in [0.05, 0.1) is 29.2 Å². The van der Waals surface area contributed by atoms with Crippen LogP contribution in [-0.2, 0) is 5.41 Å². The monoisotopic (exact) mass is 555 g/mol. The number of urea groups is 1. The summed E-state index contributed by atoms with van der Waals surface area (Å²) in [5.74, 6) is 0.953. The Labute approximate surface area is 236 Å². The second-order valence-corrected chi connectivity index (χ2v) is 10.3. The van der Waals surface area contributed by atoms with Crippen molar-refractivity contribution < 1.29 is 19.0 Å². The Kier molecular flexibility index (Phi) is 7.79. The molecule has 210 valence electrons. The van der Waals surface area contributed by atoms with Crippen LogP contribution >= 0.6 is 0 Å². The van der Waals surface area contributed by atoms with E-state index >= 15 is 0 Å². The highest BCUT2D eigenvalue weighted by Gasteiger charge is 2.22. The second-order valence-electron chi connectivity index (χ2n) is 10.3. The lowest BCUT2D eigenvalue weighted by atomic mass is 9.92.